The van der Waals surface area contributed by atoms with Gasteiger partial charge in [-0.15, -0.1) is 23.2 Å². The summed E-state index contributed by atoms with van der Waals surface area (Å²) in [6.07, 6.45) is 5.27. The molecule has 12 heteroatoms. The molecule has 1 heterocycles. The standard InChI is InChI=1S/C25H39Cl2N5O5/c1-5-9-15(19(33)20(28)34)29-21(35)18-16-14(25(16,26)27)12-32(18)22(36)17(13-10-7-6-8-11-13)30-23(37)31-24(2,3)4/h13-18H,5-12H2,1-4H3,(H2,28,34)(H,29,35)(H2,30,31,37)/t14-,15?,16-,17+,18+/m1/s1. The van der Waals surface area contributed by atoms with Crippen LogP contribution in [0.5, 0.6) is 0 Å². The molecule has 3 fully saturated rings. The van der Waals surface area contributed by atoms with Crippen molar-refractivity contribution in [3.63, 3.8) is 0 Å². The lowest BCUT2D eigenvalue weighted by Crippen LogP contribution is -2.61. The maximum atomic E-state index is 14.0. The van der Waals surface area contributed by atoms with Crippen LogP contribution in [0.25, 0.3) is 0 Å². The number of alkyl halides is 2. The van der Waals surface area contributed by atoms with Crippen LogP contribution in [0.2, 0.25) is 0 Å². The van der Waals surface area contributed by atoms with E-state index in [1.165, 1.54) is 4.90 Å². The zero-order valence-electron chi connectivity index (χ0n) is 21.9. The summed E-state index contributed by atoms with van der Waals surface area (Å²) in [5, 5.41) is 8.32. The Morgan fingerprint density at radius 3 is 2.22 bits per heavy atom. The maximum absolute atomic E-state index is 14.0. The number of amides is 5. The highest BCUT2D eigenvalue weighted by molar-refractivity contribution is 6.51. The van der Waals surface area contributed by atoms with E-state index in [-0.39, 0.29) is 30.7 Å². The zero-order chi connectivity index (χ0) is 27.7. The summed E-state index contributed by atoms with van der Waals surface area (Å²) in [5.41, 5.74) is 4.67. The van der Waals surface area contributed by atoms with E-state index < -0.39 is 57.5 Å². The summed E-state index contributed by atoms with van der Waals surface area (Å²) < 4.78 is -1.18. The number of nitrogens with one attached hydrogen (secondary N) is 3. The molecule has 5 amide bonds. The van der Waals surface area contributed by atoms with Gasteiger partial charge in [-0.05, 0) is 46.0 Å². The average Bonchev–Trinajstić information content (AvgIpc) is 3.14. The Labute approximate surface area is 228 Å². The first kappa shape index (κ1) is 29.5. The quantitative estimate of drug-likeness (QED) is 0.251. The fourth-order valence-electron chi connectivity index (χ4n) is 5.66. The van der Waals surface area contributed by atoms with Crippen LogP contribution < -0.4 is 21.7 Å². The molecule has 5 N–H and O–H groups in total. The van der Waals surface area contributed by atoms with Gasteiger partial charge in [-0.1, -0.05) is 32.6 Å². The molecule has 2 saturated carbocycles. The highest BCUT2D eigenvalue weighted by Crippen LogP contribution is 2.65. The van der Waals surface area contributed by atoms with E-state index in [1.54, 1.807) is 6.92 Å². The lowest BCUT2D eigenvalue weighted by molar-refractivity contribution is -0.144. The van der Waals surface area contributed by atoms with E-state index >= 15 is 0 Å². The van der Waals surface area contributed by atoms with Gasteiger partial charge in [-0.25, -0.2) is 4.79 Å². The molecule has 0 radical (unpaired) electrons. The van der Waals surface area contributed by atoms with Gasteiger partial charge in [0.05, 0.1) is 6.04 Å². The van der Waals surface area contributed by atoms with Crippen molar-refractivity contribution in [2.75, 3.05) is 6.54 Å². The third-order valence-electron chi connectivity index (χ3n) is 7.50. The number of urea groups is 1. The number of Topliss-reactive ketones (excluding diaryl/α,β-unsaturated/α-hetero) is 1. The second-order valence-electron chi connectivity index (χ2n) is 11.5. The smallest absolute Gasteiger partial charge is 0.315 e. The van der Waals surface area contributed by atoms with Crippen molar-refractivity contribution in [1.82, 2.24) is 20.9 Å². The largest absolute Gasteiger partial charge is 0.363 e. The van der Waals surface area contributed by atoms with E-state index in [1.807, 2.05) is 20.8 Å². The summed E-state index contributed by atoms with van der Waals surface area (Å²) in [5.74, 6) is -3.95. The number of carbonyl (C=O) groups is 5. The van der Waals surface area contributed by atoms with Crippen molar-refractivity contribution in [3.8, 4) is 0 Å². The highest BCUT2D eigenvalue weighted by atomic mass is 35.5. The van der Waals surface area contributed by atoms with Crippen LogP contribution in [0.15, 0.2) is 0 Å². The molecule has 0 bridgehead atoms. The number of hydrogen-bond donors (Lipinski definition) is 4. The number of piperidine rings is 1. The molecule has 5 atom stereocenters. The van der Waals surface area contributed by atoms with Gasteiger partial charge in [-0.2, -0.15) is 0 Å². The minimum atomic E-state index is -1.18. The van der Waals surface area contributed by atoms with E-state index in [0.717, 1.165) is 32.1 Å². The van der Waals surface area contributed by atoms with Gasteiger partial charge in [0.25, 0.3) is 5.91 Å². The van der Waals surface area contributed by atoms with E-state index in [0.29, 0.717) is 6.42 Å². The summed E-state index contributed by atoms with van der Waals surface area (Å²) in [6.45, 7) is 7.50. The second kappa shape index (κ2) is 11.4. The molecule has 1 saturated heterocycles. The topological polar surface area (TPSA) is 151 Å². The van der Waals surface area contributed by atoms with E-state index in [4.69, 9.17) is 28.9 Å². The van der Waals surface area contributed by atoms with Crippen molar-refractivity contribution in [3.05, 3.63) is 0 Å². The predicted molar refractivity (Wildman–Crippen MR) is 140 cm³/mol. The lowest BCUT2D eigenvalue weighted by Gasteiger charge is -2.37. The minimum absolute atomic E-state index is 0.0753. The maximum Gasteiger partial charge on any atom is 0.315 e. The zero-order valence-corrected chi connectivity index (χ0v) is 23.5. The average molecular weight is 561 g/mol. The summed E-state index contributed by atoms with van der Waals surface area (Å²) in [4.78, 5) is 65.5. The summed E-state index contributed by atoms with van der Waals surface area (Å²) >= 11 is 12.9. The predicted octanol–water partition coefficient (Wildman–Crippen LogP) is 2.00. The number of nitrogens with zero attached hydrogens (tertiary/aromatic N) is 1. The second-order valence-corrected chi connectivity index (χ2v) is 13.0. The number of carbonyl (C=O) groups excluding carboxylic acids is 5. The van der Waals surface area contributed by atoms with Gasteiger partial charge < -0.3 is 26.6 Å². The number of rotatable bonds is 9. The van der Waals surface area contributed by atoms with Crippen molar-refractivity contribution in [2.24, 2.45) is 23.5 Å². The van der Waals surface area contributed by atoms with Gasteiger partial charge in [0, 0.05) is 23.9 Å². The van der Waals surface area contributed by atoms with Gasteiger partial charge in [0.2, 0.25) is 17.6 Å². The van der Waals surface area contributed by atoms with Crippen molar-refractivity contribution >= 4 is 52.7 Å². The molecule has 10 nitrogen and oxygen atoms in total. The molecular formula is C25H39Cl2N5O5. The van der Waals surface area contributed by atoms with Crippen LogP contribution in [-0.4, -0.2) is 69.0 Å². The van der Waals surface area contributed by atoms with Crippen LogP contribution in [-0.2, 0) is 19.2 Å². The number of fused-ring (bicyclic) bond motifs is 1. The molecular weight excluding hydrogens is 521 g/mol. The van der Waals surface area contributed by atoms with Gasteiger partial charge in [0.1, 0.15) is 16.4 Å². The molecule has 208 valence electrons. The first-order chi connectivity index (χ1) is 17.2. The minimum Gasteiger partial charge on any atom is -0.363 e. The molecule has 1 aliphatic heterocycles. The van der Waals surface area contributed by atoms with E-state index in [2.05, 4.69) is 16.0 Å². The monoisotopic (exact) mass is 559 g/mol. The number of likely N-dealkylation sites (tertiary alicyclic amines) is 1. The molecule has 37 heavy (non-hydrogen) atoms. The molecule has 0 aromatic carbocycles. The Morgan fingerprint density at radius 1 is 1.05 bits per heavy atom. The molecule has 0 spiro atoms. The summed E-state index contributed by atoms with van der Waals surface area (Å²) in [6, 6.07) is -3.42. The molecule has 0 aromatic rings. The van der Waals surface area contributed by atoms with Crippen molar-refractivity contribution in [1.29, 1.82) is 0 Å². The third-order valence-corrected chi connectivity index (χ3v) is 8.56. The van der Waals surface area contributed by atoms with Crippen LogP contribution in [0, 0.1) is 17.8 Å². The molecule has 0 aromatic heterocycles. The molecule has 1 unspecified atom stereocenters. The number of hydrogen-bond acceptors (Lipinski definition) is 5. The Hall–Kier alpha value is -2.07. The van der Waals surface area contributed by atoms with Crippen LogP contribution in [0.3, 0.4) is 0 Å². The van der Waals surface area contributed by atoms with Crippen LogP contribution in [0.1, 0.15) is 72.6 Å². The Balaban J connectivity index is 1.85. The third kappa shape index (κ3) is 6.69. The first-order valence-electron chi connectivity index (χ1n) is 13.1. The van der Waals surface area contributed by atoms with Crippen molar-refractivity contribution < 1.29 is 24.0 Å². The van der Waals surface area contributed by atoms with Crippen LogP contribution in [0.4, 0.5) is 4.79 Å². The van der Waals surface area contributed by atoms with Crippen molar-refractivity contribution in [2.45, 2.75) is 101 Å². The molecule has 2 aliphatic carbocycles. The Bertz CT molecular complexity index is 931. The van der Waals surface area contributed by atoms with Gasteiger partial charge >= 0.3 is 6.03 Å². The SMILES string of the molecule is CCCC(NC(=O)[C@@H]1[C@H]2[C@@H](CN1C(=O)[C@@H](NC(=O)NC(C)(C)C)C1CCCCC1)C2(Cl)Cl)C(=O)C(N)=O. The normalized spacial score (nSPS) is 26.4. The van der Waals surface area contributed by atoms with Crippen LogP contribution >= 0.6 is 23.2 Å². The molecule has 3 aliphatic rings. The Kier molecular flexibility index (Phi) is 9.05. The number of primary amides is 1. The first-order valence-corrected chi connectivity index (χ1v) is 13.9. The summed E-state index contributed by atoms with van der Waals surface area (Å²) in [7, 11) is 0. The van der Waals surface area contributed by atoms with Gasteiger partial charge in [-0.3, -0.25) is 19.2 Å². The number of halogens is 2. The number of ketones is 1. The fraction of sp³-hybridized carbons (Fsp3) is 0.800. The highest BCUT2D eigenvalue weighted by Gasteiger charge is 2.74. The molecule has 3 rings (SSSR count). The Morgan fingerprint density at radius 2 is 1.68 bits per heavy atom. The fourth-order valence-corrected chi connectivity index (χ4v) is 6.49. The lowest BCUT2D eigenvalue weighted by atomic mass is 9.83. The van der Waals surface area contributed by atoms with Gasteiger partial charge in [0.15, 0.2) is 0 Å². The number of nitrogens with two attached hydrogens (primary N) is 1. The van der Waals surface area contributed by atoms with E-state index in [9.17, 15) is 24.0 Å².